The Morgan fingerprint density at radius 3 is 2.64 bits per heavy atom. The number of nitrogens with two attached hydrogens (primary N) is 1. The molecule has 0 unspecified atom stereocenters. The number of benzene rings is 1. The molecule has 0 spiro atoms. The van der Waals surface area contributed by atoms with E-state index in [9.17, 15) is 4.39 Å². The number of hydrogen-bond acceptors (Lipinski definition) is 6. The minimum Gasteiger partial charge on any atom is -0.383 e. The van der Waals surface area contributed by atoms with Crippen molar-refractivity contribution in [2.75, 3.05) is 24.1 Å². The van der Waals surface area contributed by atoms with Crippen molar-refractivity contribution in [1.29, 1.82) is 0 Å². The first kappa shape index (κ1) is 18.6. The number of aromatic nitrogens is 3. The molecule has 28 heavy (non-hydrogen) atoms. The lowest BCUT2D eigenvalue weighted by atomic mass is 10.0. The van der Waals surface area contributed by atoms with E-state index in [2.05, 4.69) is 25.2 Å². The van der Waals surface area contributed by atoms with Crippen LogP contribution in [0.1, 0.15) is 29.7 Å². The molecule has 146 valence electrons. The van der Waals surface area contributed by atoms with Gasteiger partial charge in [-0.05, 0) is 44.4 Å². The van der Waals surface area contributed by atoms with Gasteiger partial charge in [-0.15, -0.1) is 0 Å². The van der Waals surface area contributed by atoms with Crippen LogP contribution in [0.3, 0.4) is 0 Å². The highest BCUT2D eigenvalue weighted by Gasteiger charge is 2.21. The Bertz CT molecular complexity index is 998. The zero-order valence-electron chi connectivity index (χ0n) is 16.2. The van der Waals surface area contributed by atoms with E-state index in [1.54, 1.807) is 6.07 Å². The van der Waals surface area contributed by atoms with Gasteiger partial charge >= 0.3 is 0 Å². The number of fused-ring (bicyclic) bond motifs is 1. The van der Waals surface area contributed by atoms with Crippen LogP contribution in [0.4, 0.5) is 16.2 Å². The molecule has 7 heteroatoms. The summed E-state index contributed by atoms with van der Waals surface area (Å²) in [5.41, 5.74) is 9.48. The van der Waals surface area contributed by atoms with Gasteiger partial charge in [-0.3, -0.25) is 4.90 Å². The number of hydrogen-bond donors (Lipinski definition) is 2. The minimum absolute atomic E-state index is 0.138. The molecule has 4 rings (SSSR count). The lowest BCUT2D eigenvalue weighted by Crippen LogP contribution is -2.39. The number of aryl methyl sites for hydroxylation is 2. The van der Waals surface area contributed by atoms with Crippen molar-refractivity contribution < 1.29 is 4.39 Å². The fourth-order valence-corrected chi connectivity index (χ4v) is 3.86. The molecule has 0 amide bonds. The molecule has 0 radical (unpaired) electrons. The van der Waals surface area contributed by atoms with Crippen LogP contribution in [0, 0.1) is 19.7 Å². The van der Waals surface area contributed by atoms with Crippen LogP contribution in [0.2, 0.25) is 0 Å². The Balaban J connectivity index is 1.42. The van der Waals surface area contributed by atoms with Crippen LogP contribution in [-0.2, 0) is 6.54 Å². The maximum Gasteiger partial charge on any atom is 0.226 e. The average molecular weight is 380 g/mol. The first-order valence-electron chi connectivity index (χ1n) is 9.63. The summed E-state index contributed by atoms with van der Waals surface area (Å²) in [6.45, 7) is 6.37. The first-order valence-corrected chi connectivity index (χ1v) is 9.63. The number of anilines is 2. The predicted octanol–water partition coefficient (Wildman–Crippen LogP) is 3.44. The summed E-state index contributed by atoms with van der Waals surface area (Å²) < 4.78 is 13.9. The van der Waals surface area contributed by atoms with E-state index in [1.165, 1.54) is 6.07 Å². The molecule has 0 aliphatic carbocycles. The topological polar surface area (TPSA) is 80.0 Å². The van der Waals surface area contributed by atoms with Gasteiger partial charge in [0.1, 0.15) is 11.6 Å². The van der Waals surface area contributed by atoms with Crippen molar-refractivity contribution in [2.45, 2.75) is 39.3 Å². The van der Waals surface area contributed by atoms with E-state index in [4.69, 9.17) is 5.73 Å². The van der Waals surface area contributed by atoms with Crippen LogP contribution in [-0.4, -0.2) is 39.0 Å². The molecule has 3 heterocycles. The van der Waals surface area contributed by atoms with E-state index in [-0.39, 0.29) is 11.9 Å². The number of nitrogen functional groups attached to an aromatic ring is 1. The second-order valence-electron chi connectivity index (χ2n) is 7.50. The fraction of sp³-hybridized carbons (Fsp3) is 0.381. The molecular weight excluding hydrogens is 355 g/mol. The van der Waals surface area contributed by atoms with Crippen molar-refractivity contribution in [1.82, 2.24) is 19.9 Å². The Morgan fingerprint density at radius 1 is 1.14 bits per heavy atom. The number of nitrogens with zero attached hydrogens (tertiary/aromatic N) is 4. The maximum absolute atomic E-state index is 13.9. The summed E-state index contributed by atoms with van der Waals surface area (Å²) in [6, 6.07) is 9.22. The predicted molar refractivity (Wildman–Crippen MR) is 110 cm³/mol. The molecule has 0 atom stereocenters. The van der Waals surface area contributed by atoms with Crippen molar-refractivity contribution in [3.63, 3.8) is 0 Å². The molecule has 0 bridgehead atoms. The largest absolute Gasteiger partial charge is 0.383 e. The van der Waals surface area contributed by atoms with E-state index in [1.807, 2.05) is 32.0 Å². The number of nitrogens with one attached hydrogen (secondary N) is 1. The van der Waals surface area contributed by atoms with Gasteiger partial charge in [-0.1, -0.05) is 18.2 Å². The van der Waals surface area contributed by atoms with Crippen LogP contribution in [0.5, 0.6) is 0 Å². The summed E-state index contributed by atoms with van der Waals surface area (Å²) >= 11 is 0. The molecule has 6 nitrogen and oxygen atoms in total. The van der Waals surface area contributed by atoms with E-state index in [0.29, 0.717) is 24.0 Å². The highest BCUT2D eigenvalue weighted by atomic mass is 19.1. The van der Waals surface area contributed by atoms with Crippen LogP contribution in [0.15, 0.2) is 30.3 Å². The number of rotatable bonds is 4. The molecule has 0 saturated carbocycles. The molecular formula is C21H25FN6. The normalized spacial score (nSPS) is 15.8. The summed E-state index contributed by atoms with van der Waals surface area (Å²) in [5.74, 6) is 0.838. The van der Waals surface area contributed by atoms with Gasteiger partial charge in [0.25, 0.3) is 0 Å². The fourth-order valence-electron chi connectivity index (χ4n) is 3.86. The standard InChI is InChI=1S/C21H25FN6/c1-13-11-14(2)24-20-18(13)19(23)26-21(27-20)25-16-7-9-28(10-8-16)12-15-5-3-4-6-17(15)22/h3-6,11,16H,7-10,12H2,1-2H3,(H3,23,24,25,26,27). The lowest BCUT2D eigenvalue weighted by molar-refractivity contribution is 0.208. The Kier molecular flexibility index (Phi) is 5.09. The van der Waals surface area contributed by atoms with Crippen molar-refractivity contribution >= 4 is 22.8 Å². The van der Waals surface area contributed by atoms with Gasteiger partial charge < -0.3 is 11.1 Å². The van der Waals surface area contributed by atoms with Crippen molar-refractivity contribution in [3.05, 3.63) is 53.0 Å². The van der Waals surface area contributed by atoms with Crippen LogP contribution in [0.25, 0.3) is 11.0 Å². The number of pyridine rings is 1. The van der Waals surface area contributed by atoms with E-state index < -0.39 is 0 Å². The van der Waals surface area contributed by atoms with Crippen molar-refractivity contribution in [2.24, 2.45) is 0 Å². The second kappa shape index (κ2) is 7.67. The Morgan fingerprint density at radius 2 is 1.89 bits per heavy atom. The third-order valence-electron chi connectivity index (χ3n) is 5.29. The minimum atomic E-state index is -0.138. The van der Waals surface area contributed by atoms with Crippen LogP contribution < -0.4 is 11.1 Å². The van der Waals surface area contributed by atoms with E-state index in [0.717, 1.165) is 48.1 Å². The number of halogens is 1. The third-order valence-corrected chi connectivity index (χ3v) is 5.29. The Labute approximate surface area is 164 Å². The highest BCUT2D eigenvalue weighted by molar-refractivity contribution is 5.89. The number of likely N-dealkylation sites (tertiary alicyclic amines) is 1. The highest BCUT2D eigenvalue weighted by Crippen LogP contribution is 2.24. The van der Waals surface area contributed by atoms with Gasteiger partial charge in [0, 0.05) is 36.9 Å². The molecule has 1 fully saturated rings. The quantitative estimate of drug-likeness (QED) is 0.722. The molecule has 1 aromatic carbocycles. The molecule has 1 saturated heterocycles. The Hall–Kier alpha value is -2.80. The first-order chi connectivity index (χ1) is 13.5. The summed E-state index contributed by atoms with van der Waals surface area (Å²) in [7, 11) is 0. The SMILES string of the molecule is Cc1cc(C)c2c(N)nc(NC3CCN(Cc4ccccc4F)CC3)nc2n1. The summed E-state index contributed by atoms with van der Waals surface area (Å²) in [6.07, 6.45) is 1.88. The molecule has 1 aliphatic rings. The summed E-state index contributed by atoms with van der Waals surface area (Å²) in [5, 5.41) is 4.22. The zero-order chi connectivity index (χ0) is 19.7. The van der Waals surface area contributed by atoms with Gasteiger partial charge in [0.15, 0.2) is 5.65 Å². The van der Waals surface area contributed by atoms with Gasteiger partial charge in [-0.2, -0.15) is 9.97 Å². The molecule has 3 N–H and O–H groups in total. The van der Waals surface area contributed by atoms with Gasteiger partial charge in [-0.25, -0.2) is 9.37 Å². The zero-order valence-corrected chi connectivity index (χ0v) is 16.2. The average Bonchev–Trinajstić information content (AvgIpc) is 2.64. The van der Waals surface area contributed by atoms with Crippen LogP contribution >= 0.6 is 0 Å². The number of piperidine rings is 1. The molecule has 2 aromatic heterocycles. The molecule has 1 aliphatic heterocycles. The van der Waals surface area contributed by atoms with Gasteiger partial charge in [0.2, 0.25) is 5.95 Å². The summed E-state index contributed by atoms with van der Waals surface area (Å²) in [4.78, 5) is 15.8. The molecule has 3 aromatic rings. The van der Waals surface area contributed by atoms with E-state index >= 15 is 0 Å². The maximum atomic E-state index is 13.9. The van der Waals surface area contributed by atoms with Gasteiger partial charge in [0.05, 0.1) is 5.39 Å². The lowest BCUT2D eigenvalue weighted by Gasteiger charge is -2.32. The smallest absolute Gasteiger partial charge is 0.226 e. The third kappa shape index (κ3) is 3.89. The second-order valence-corrected chi connectivity index (χ2v) is 7.50. The van der Waals surface area contributed by atoms with Crippen molar-refractivity contribution in [3.8, 4) is 0 Å². The monoisotopic (exact) mass is 380 g/mol.